The smallest absolute Gasteiger partial charge is 0.156 e. The number of benzene rings is 1. The number of hydrogen-bond acceptors (Lipinski definition) is 1. The van der Waals surface area contributed by atoms with E-state index in [2.05, 4.69) is 56.5 Å². The van der Waals surface area contributed by atoms with Crippen molar-refractivity contribution in [2.75, 3.05) is 0 Å². The largest absolute Gasteiger partial charge is 0.237 e. The molecular formula is C12H17N2+. The molecule has 1 unspecified atom stereocenters. The Morgan fingerprint density at radius 2 is 1.79 bits per heavy atom. The molecule has 0 amide bonds. The molecule has 0 spiro atoms. The Bertz CT molecular complexity index is 352. The van der Waals surface area contributed by atoms with E-state index >= 15 is 0 Å². The fourth-order valence-electron chi connectivity index (χ4n) is 2.06. The first kappa shape index (κ1) is 9.28. The monoisotopic (exact) mass is 189 g/mol. The van der Waals surface area contributed by atoms with Gasteiger partial charge in [-0.05, 0) is 20.8 Å². The average Bonchev–Trinajstić information content (AvgIpc) is 2.41. The summed E-state index contributed by atoms with van der Waals surface area (Å²) in [5, 5.41) is 1.30. The van der Waals surface area contributed by atoms with Gasteiger partial charge in [-0.3, -0.25) is 0 Å². The lowest BCUT2D eigenvalue weighted by molar-refractivity contribution is -0.911. The lowest BCUT2D eigenvalue weighted by Crippen LogP contribution is -3.18. The van der Waals surface area contributed by atoms with Crippen molar-refractivity contribution < 1.29 is 5.01 Å². The van der Waals surface area contributed by atoms with Gasteiger partial charge >= 0.3 is 0 Å². The molecule has 1 aliphatic heterocycles. The molecule has 0 saturated carbocycles. The lowest BCUT2D eigenvalue weighted by atomic mass is 10.0. The first-order chi connectivity index (χ1) is 6.59. The summed E-state index contributed by atoms with van der Waals surface area (Å²) in [6.07, 6.45) is 2.27. The maximum absolute atomic E-state index is 3.44. The summed E-state index contributed by atoms with van der Waals surface area (Å²) >= 11 is 0. The second-order valence-electron chi connectivity index (χ2n) is 4.42. The topological polar surface area (TPSA) is 16.5 Å². The molecule has 0 radical (unpaired) electrons. The van der Waals surface area contributed by atoms with E-state index in [4.69, 9.17) is 0 Å². The molecule has 0 aliphatic carbocycles. The molecule has 0 fully saturated rings. The predicted octanol–water partition coefficient (Wildman–Crippen LogP) is 1.40. The van der Waals surface area contributed by atoms with Crippen LogP contribution in [-0.4, -0.2) is 5.54 Å². The Balaban J connectivity index is 2.31. The van der Waals surface area contributed by atoms with Crippen molar-refractivity contribution in [3.05, 3.63) is 42.1 Å². The summed E-state index contributed by atoms with van der Waals surface area (Å²) < 4.78 is 0. The van der Waals surface area contributed by atoms with Gasteiger partial charge in [0.15, 0.2) is 5.69 Å². The molecular weight excluding hydrogens is 172 g/mol. The van der Waals surface area contributed by atoms with Crippen LogP contribution in [0, 0.1) is 0 Å². The van der Waals surface area contributed by atoms with Crippen LogP contribution in [0.3, 0.4) is 0 Å². The van der Waals surface area contributed by atoms with Crippen molar-refractivity contribution in [1.82, 2.24) is 5.43 Å². The van der Waals surface area contributed by atoms with Crippen LogP contribution in [0.4, 0.5) is 5.69 Å². The van der Waals surface area contributed by atoms with Crippen LogP contribution in [0.1, 0.15) is 20.8 Å². The highest BCUT2D eigenvalue weighted by Crippen LogP contribution is 2.12. The third-order valence-electron chi connectivity index (χ3n) is 2.61. The van der Waals surface area contributed by atoms with Gasteiger partial charge in [-0.15, -0.1) is 0 Å². The predicted molar refractivity (Wildman–Crippen MR) is 58.0 cm³/mol. The molecule has 74 valence electrons. The van der Waals surface area contributed by atoms with E-state index in [-0.39, 0.29) is 5.54 Å². The zero-order valence-electron chi connectivity index (χ0n) is 8.96. The molecule has 0 bridgehead atoms. The van der Waals surface area contributed by atoms with Crippen LogP contribution in [0.2, 0.25) is 0 Å². The Hall–Kier alpha value is -1.28. The van der Waals surface area contributed by atoms with Gasteiger partial charge in [-0.25, -0.2) is 5.43 Å². The SMILES string of the molecule is CC1=CC(C)(C)[NH+](c2ccccc2)N1. The summed E-state index contributed by atoms with van der Waals surface area (Å²) in [6, 6.07) is 10.5. The van der Waals surface area contributed by atoms with Crippen LogP contribution >= 0.6 is 0 Å². The minimum absolute atomic E-state index is 0.130. The summed E-state index contributed by atoms with van der Waals surface area (Å²) in [4.78, 5) is 0. The normalized spacial score (nSPS) is 24.2. The van der Waals surface area contributed by atoms with E-state index in [1.54, 1.807) is 0 Å². The number of allylic oxidation sites excluding steroid dienone is 1. The summed E-state index contributed by atoms with van der Waals surface area (Å²) in [5.41, 5.74) is 6.10. The molecule has 2 heteroatoms. The van der Waals surface area contributed by atoms with E-state index in [1.807, 2.05) is 6.07 Å². The fraction of sp³-hybridized carbons (Fsp3) is 0.333. The summed E-state index contributed by atoms with van der Waals surface area (Å²) in [6.45, 7) is 6.58. The highest BCUT2D eigenvalue weighted by molar-refractivity contribution is 5.30. The number of para-hydroxylation sites is 1. The van der Waals surface area contributed by atoms with Gasteiger partial charge in [0.05, 0.1) is 5.70 Å². The number of quaternary nitrogens is 1. The average molecular weight is 189 g/mol. The Morgan fingerprint density at radius 1 is 1.14 bits per heavy atom. The molecule has 1 atom stereocenters. The van der Waals surface area contributed by atoms with Gasteiger partial charge in [-0.1, -0.05) is 18.2 Å². The van der Waals surface area contributed by atoms with Crippen LogP contribution in [-0.2, 0) is 0 Å². The number of hydrogen-bond donors (Lipinski definition) is 2. The Labute approximate surface area is 85.2 Å². The first-order valence-corrected chi connectivity index (χ1v) is 4.99. The quantitative estimate of drug-likeness (QED) is 0.682. The lowest BCUT2D eigenvalue weighted by Gasteiger charge is -2.26. The van der Waals surface area contributed by atoms with E-state index in [9.17, 15) is 0 Å². The minimum atomic E-state index is 0.130. The van der Waals surface area contributed by atoms with Gasteiger partial charge in [0.2, 0.25) is 0 Å². The van der Waals surface area contributed by atoms with E-state index in [1.165, 1.54) is 16.4 Å². The van der Waals surface area contributed by atoms with Crippen molar-refractivity contribution in [3.63, 3.8) is 0 Å². The van der Waals surface area contributed by atoms with Crippen molar-refractivity contribution in [1.29, 1.82) is 0 Å². The highest BCUT2D eigenvalue weighted by Gasteiger charge is 2.36. The van der Waals surface area contributed by atoms with Crippen LogP contribution in [0.25, 0.3) is 0 Å². The molecule has 1 aromatic rings. The highest BCUT2D eigenvalue weighted by atomic mass is 15.6. The summed E-state index contributed by atoms with van der Waals surface area (Å²) in [5.74, 6) is 0. The van der Waals surface area contributed by atoms with E-state index in [0.29, 0.717) is 0 Å². The van der Waals surface area contributed by atoms with Crippen LogP contribution in [0.5, 0.6) is 0 Å². The van der Waals surface area contributed by atoms with Crippen molar-refractivity contribution >= 4 is 5.69 Å². The maximum Gasteiger partial charge on any atom is 0.156 e. The van der Waals surface area contributed by atoms with Gasteiger partial charge in [0, 0.05) is 18.2 Å². The van der Waals surface area contributed by atoms with Gasteiger partial charge in [0.1, 0.15) is 5.54 Å². The number of rotatable bonds is 1. The summed E-state index contributed by atoms with van der Waals surface area (Å²) in [7, 11) is 0. The van der Waals surface area contributed by atoms with Crippen molar-refractivity contribution in [2.24, 2.45) is 0 Å². The molecule has 1 heterocycles. The fourth-order valence-corrected chi connectivity index (χ4v) is 2.06. The molecule has 1 aliphatic rings. The molecule has 2 nitrogen and oxygen atoms in total. The number of nitrogens with one attached hydrogen (secondary N) is 2. The Kier molecular flexibility index (Phi) is 2.08. The van der Waals surface area contributed by atoms with Crippen molar-refractivity contribution in [3.8, 4) is 0 Å². The molecule has 14 heavy (non-hydrogen) atoms. The third kappa shape index (κ3) is 1.53. The molecule has 1 aromatic carbocycles. The van der Waals surface area contributed by atoms with Gasteiger partial charge in [0.25, 0.3) is 0 Å². The third-order valence-corrected chi connectivity index (χ3v) is 2.61. The van der Waals surface area contributed by atoms with Gasteiger partial charge < -0.3 is 0 Å². The molecule has 2 rings (SSSR count). The van der Waals surface area contributed by atoms with Gasteiger partial charge in [-0.2, -0.15) is 5.01 Å². The minimum Gasteiger partial charge on any atom is -0.237 e. The molecule has 2 N–H and O–H groups in total. The zero-order valence-corrected chi connectivity index (χ0v) is 8.96. The van der Waals surface area contributed by atoms with Crippen LogP contribution in [0.15, 0.2) is 42.1 Å². The second-order valence-corrected chi connectivity index (χ2v) is 4.42. The Morgan fingerprint density at radius 3 is 2.29 bits per heavy atom. The van der Waals surface area contributed by atoms with E-state index < -0.39 is 0 Å². The molecule has 0 saturated heterocycles. The second kappa shape index (κ2) is 3.14. The standard InChI is InChI=1S/C12H16N2/c1-10-9-12(2,3)14(13-10)11-7-5-4-6-8-11/h4-9,13H,1-3H3/p+1. The van der Waals surface area contributed by atoms with Crippen molar-refractivity contribution in [2.45, 2.75) is 26.3 Å². The molecule has 0 aromatic heterocycles. The van der Waals surface area contributed by atoms with Crippen LogP contribution < -0.4 is 10.4 Å². The van der Waals surface area contributed by atoms with E-state index in [0.717, 1.165) is 0 Å². The first-order valence-electron chi connectivity index (χ1n) is 4.99. The zero-order chi connectivity index (χ0) is 10.2. The maximum atomic E-state index is 3.44.